The van der Waals surface area contributed by atoms with Crippen molar-refractivity contribution in [2.24, 2.45) is 0 Å². The summed E-state index contributed by atoms with van der Waals surface area (Å²) in [5.74, 6) is 0.0973. The molecule has 2 rings (SSSR count). The van der Waals surface area contributed by atoms with E-state index < -0.39 is 0 Å². The molecule has 0 aliphatic carbocycles. The molecule has 0 aliphatic heterocycles. The van der Waals surface area contributed by atoms with Crippen LogP contribution in [0.2, 0.25) is 0 Å². The minimum atomic E-state index is 0.0973. The lowest BCUT2D eigenvalue weighted by Gasteiger charge is -2.08. The average molecular weight is 335 g/mol. The highest BCUT2D eigenvalue weighted by atomic mass is 79.9. The maximum Gasteiger partial charge on any atom is 0.168 e. The topological polar surface area (TPSA) is 34.9 Å². The second-order valence-corrected chi connectivity index (χ2v) is 5.96. The van der Waals surface area contributed by atoms with Crippen molar-refractivity contribution in [1.82, 2.24) is 9.78 Å². The molecular formula is C16H19BrN2O. The first-order valence-corrected chi connectivity index (χ1v) is 7.64. The van der Waals surface area contributed by atoms with Gasteiger partial charge in [-0.25, -0.2) is 0 Å². The summed E-state index contributed by atoms with van der Waals surface area (Å²) in [6.45, 7) is 6.25. The highest BCUT2D eigenvalue weighted by molar-refractivity contribution is 9.10. The van der Waals surface area contributed by atoms with Gasteiger partial charge in [0, 0.05) is 22.3 Å². The Bertz CT molecular complexity index is 619. The predicted octanol–water partition coefficient (Wildman–Crippen LogP) is 4.35. The van der Waals surface area contributed by atoms with Crippen LogP contribution in [0.1, 0.15) is 47.9 Å². The number of aryl methyl sites for hydroxylation is 1. The summed E-state index contributed by atoms with van der Waals surface area (Å²) in [5.41, 5.74) is 2.68. The molecule has 1 aromatic carbocycles. The number of carbonyl (C=O) groups excluding carboxylic acids is 1. The van der Waals surface area contributed by atoms with Gasteiger partial charge in [-0.15, -0.1) is 0 Å². The Morgan fingerprint density at radius 2 is 2.15 bits per heavy atom. The molecule has 106 valence electrons. The zero-order chi connectivity index (χ0) is 14.7. The van der Waals surface area contributed by atoms with Crippen LogP contribution in [0.3, 0.4) is 0 Å². The molecule has 0 saturated heterocycles. The van der Waals surface area contributed by atoms with E-state index in [1.807, 2.05) is 42.1 Å². The monoisotopic (exact) mass is 334 g/mol. The van der Waals surface area contributed by atoms with Crippen LogP contribution in [0, 0.1) is 6.92 Å². The molecule has 0 N–H and O–H groups in total. The molecule has 0 fully saturated rings. The van der Waals surface area contributed by atoms with Crippen molar-refractivity contribution < 1.29 is 4.79 Å². The number of hydrogen-bond donors (Lipinski definition) is 0. The van der Waals surface area contributed by atoms with E-state index in [1.54, 1.807) is 0 Å². The SMILES string of the molecule is CCC(C)n1ccc(CC(=O)c2ccc(C)c(Br)c2)n1. The standard InChI is InChI=1S/C16H19BrN2O/c1-4-12(3)19-8-7-14(18-19)10-16(20)13-6-5-11(2)15(17)9-13/h5-9,12H,4,10H2,1-3H3. The van der Waals surface area contributed by atoms with Gasteiger partial charge < -0.3 is 0 Å². The van der Waals surface area contributed by atoms with Crippen molar-refractivity contribution in [3.05, 3.63) is 51.8 Å². The molecule has 1 unspecified atom stereocenters. The summed E-state index contributed by atoms with van der Waals surface area (Å²) in [5, 5.41) is 4.47. The molecular weight excluding hydrogens is 316 g/mol. The van der Waals surface area contributed by atoms with Gasteiger partial charge in [0.25, 0.3) is 0 Å². The number of halogens is 1. The zero-order valence-corrected chi connectivity index (χ0v) is 13.6. The fraction of sp³-hybridized carbons (Fsp3) is 0.375. The Morgan fingerprint density at radius 1 is 1.40 bits per heavy atom. The first-order valence-electron chi connectivity index (χ1n) is 6.84. The van der Waals surface area contributed by atoms with E-state index in [-0.39, 0.29) is 5.78 Å². The molecule has 0 amide bonds. The minimum Gasteiger partial charge on any atom is -0.294 e. The summed E-state index contributed by atoms with van der Waals surface area (Å²) in [4.78, 5) is 12.3. The maximum absolute atomic E-state index is 12.3. The zero-order valence-electron chi connectivity index (χ0n) is 12.1. The summed E-state index contributed by atoms with van der Waals surface area (Å²) >= 11 is 3.46. The molecule has 2 aromatic rings. The summed E-state index contributed by atoms with van der Waals surface area (Å²) in [7, 11) is 0. The van der Waals surface area contributed by atoms with Gasteiger partial charge in [0.2, 0.25) is 0 Å². The molecule has 3 nitrogen and oxygen atoms in total. The molecule has 1 aromatic heterocycles. The summed E-state index contributed by atoms with van der Waals surface area (Å²) in [6.07, 6.45) is 3.32. The second-order valence-electron chi connectivity index (χ2n) is 5.11. The number of ketones is 1. The van der Waals surface area contributed by atoms with Crippen LogP contribution in [-0.4, -0.2) is 15.6 Å². The Balaban J connectivity index is 2.11. The van der Waals surface area contributed by atoms with Gasteiger partial charge in [-0.3, -0.25) is 9.48 Å². The number of rotatable bonds is 5. The van der Waals surface area contributed by atoms with Gasteiger partial charge in [-0.05, 0) is 38.0 Å². The molecule has 1 atom stereocenters. The number of carbonyl (C=O) groups is 1. The third-order valence-corrected chi connectivity index (χ3v) is 4.40. The number of aromatic nitrogens is 2. The quantitative estimate of drug-likeness (QED) is 0.762. The first kappa shape index (κ1) is 15.0. The molecule has 0 saturated carbocycles. The Morgan fingerprint density at radius 3 is 2.80 bits per heavy atom. The van der Waals surface area contributed by atoms with Crippen molar-refractivity contribution >= 4 is 21.7 Å². The van der Waals surface area contributed by atoms with Crippen LogP contribution < -0.4 is 0 Å². The van der Waals surface area contributed by atoms with E-state index in [0.717, 1.165) is 27.7 Å². The number of benzene rings is 1. The fourth-order valence-electron chi connectivity index (χ4n) is 1.94. The summed E-state index contributed by atoms with van der Waals surface area (Å²) < 4.78 is 2.89. The van der Waals surface area contributed by atoms with E-state index >= 15 is 0 Å². The molecule has 0 spiro atoms. The van der Waals surface area contributed by atoms with Crippen LogP contribution in [0.15, 0.2) is 34.9 Å². The van der Waals surface area contributed by atoms with Crippen molar-refractivity contribution in [2.45, 2.75) is 39.7 Å². The second kappa shape index (κ2) is 6.35. The van der Waals surface area contributed by atoms with E-state index in [4.69, 9.17) is 0 Å². The van der Waals surface area contributed by atoms with Gasteiger partial charge in [-0.1, -0.05) is 35.0 Å². The van der Waals surface area contributed by atoms with Crippen molar-refractivity contribution in [2.75, 3.05) is 0 Å². The van der Waals surface area contributed by atoms with Crippen LogP contribution >= 0.6 is 15.9 Å². The molecule has 0 bridgehead atoms. The number of nitrogens with zero attached hydrogens (tertiary/aromatic N) is 2. The van der Waals surface area contributed by atoms with Crippen LogP contribution in [0.5, 0.6) is 0 Å². The smallest absolute Gasteiger partial charge is 0.168 e. The molecule has 0 radical (unpaired) electrons. The van der Waals surface area contributed by atoms with E-state index in [1.165, 1.54) is 0 Å². The van der Waals surface area contributed by atoms with E-state index in [0.29, 0.717) is 12.5 Å². The first-order chi connectivity index (χ1) is 9.51. The Kier molecular flexibility index (Phi) is 4.76. The Labute approximate surface area is 128 Å². The largest absolute Gasteiger partial charge is 0.294 e. The highest BCUT2D eigenvalue weighted by Crippen LogP contribution is 2.19. The molecule has 0 aliphatic rings. The van der Waals surface area contributed by atoms with E-state index in [9.17, 15) is 4.79 Å². The fourth-order valence-corrected chi connectivity index (χ4v) is 2.32. The van der Waals surface area contributed by atoms with Gasteiger partial charge >= 0.3 is 0 Å². The van der Waals surface area contributed by atoms with Crippen LogP contribution in [0.25, 0.3) is 0 Å². The number of Topliss-reactive ketones (excluding diaryl/α,β-unsaturated/α-hetero) is 1. The normalized spacial score (nSPS) is 12.4. The lowest BCUT2D eigenvalue weighted by atomic mass is 10.1. The maximum atomic E-state index is 12.3. The summed E-state index contributed by atoms with van der Waals surface area (Å²) in [6, 6.07) is 7.99. The van der Waals surface area contributed by atoms with Gasteiger partial charge in [0.05, 0.1) is 12.1 Å². The number of hydrogen-bond acceptors (Lipinski definition) is 2. The van der Waals surface area contributed by atoms with Crippen LogP contribution in [-0.2, 0) is 6.42 Å². The Hall–Kier alpha value is -1.42. The third kappa shape index (κ3) is 3.37. The molecule has 20 heavy (non-hydrogen) atoms. The van der Waals surface area contributed by atoms with Gasteiger partial charge in [0.15, 0.2) is 5.78 Å². The average Bonchev–Trinajstić information content (AvgIpc) is 2.89. The lowest BCUT2D eigenvalue weighted by Crippen LogP contribution is -2.08. The third-order valence-electron chi connectivity index (χ3n) is 3.54. The lowest BCUT2D eigenvalue weighted by molar-refractivity contribution is 0.0991. The van der Waals surface area contributed by atoms with Gasteiger partial charge in [0.1, 0.15) is 0 Å². The van der Waals surface area contributed by atoms with Crippen molar-refractivity contribution in [3.63, 3.8) is 0 Å². The predicted molar refractivity (Wildman–Crippen MR) is 84.1 cm³/mol. The van der Waals surface area contributed by atoms with Crippen molar-refractivity contribution in [1.29, 1.82) is 0 Å². The van der Waals surface area contributed by atoms with Gasteiger partial charge in [-0.2, -0.15) is 5.10 Å². The van der Waals surface area contributed by atoms with Crippen LogP contribution in [0.4, 0.5) is 0 Å². The van der Waals surface area contributed by atoms with Crippen molar-refractivity contribution in [3.8, 4) is 0 Å². The van der Waals surface area contributed by atoms with E-state index in [2.05, 4.69) is 34.9 Å². The highest BCUT2D eigenvalue weighted by Gasteiger charge is 2.11. The molecule has 4 heteroatoms. The minimum absolute atomic E-state index is 0.0973. The molecule has 1 heterocycles.